The largest absolute Gasteiger partial charge is 0.473 e. The Hall–Kier alpha value is -2.82. The molecule has 2 aromatic heterocycles. The number of carboxylic acids is 2. The van der Waals surface area contributed by atoms with Crippen LogP contribution in [0, 0.1) is 12.8 Å². The van der Waals surface area contributed by atoms with E-state index in [0.29, 0.717) is 6.54 Å². The van der Waals surface area contributed by atoms with Crippen molar-refractivity contribution in [2.75, 3.05) is 42.7 Å². The van der Waals surface area contributed by atoms with Crippen LogP contribution in [-0.2, 0) is 16.1 Å². The molecular weight excluding hydrogens is 520 g/mol. The summed E-state index contributed by atoms with van der Waals surface area (Å²) < 4.78 is 0. The summed E-state index contributed by atoms with van der Waals surface area (Å²) in [4.78, 5) is 31.2. The number of hydrogen-bond donors (Lipinski definition) is 3. The Morgan fingerprint density at radius 1 is 1.13 bits per heavy atom. The van der Waals surface area contributed by atoms with Crippen molar-refractivity contribution < 1.29 is 19.8 Å². The van der Waals surface area contributed by atoms with Crippen LogP contribution in [0.1, 0.15) is 30.5 Å². The number of thioether (sulfide) groups is 2. The molecule has 0 aliphatic carbocycles. The highest BCUT2D eigenvalue weighted by Gasteiger charge is 2.16. The predicted octanol–water partition coefficient (Wildman–Crippen LogP) is 5.26. The highest BCUT2D eigenvalue weighted by atomic mass is 32.2. The molecule has 3 heterocycles. The number of carboxylic acid groups (broad SMARTS) is 2. The maximum Gasteiger partial charge on any atom is 0.414 e. The van der Waals surface area contributed by atoms with Crippen LogP contribution in [0.3, 0.4) is 0 Å². The molecule has 204 valence electrons. The first-order chi connectivity index (χ1) is 18.3. The zero-order chi connectivity index (χ0) is 27.3. The van der Waals surface area contributed by atoms with Crippen LogP contribution in [0.25, 0.3) is 10.9 Å². The van der Waals surface area contributed by atoms with Gasteiger partial charge in [0.25, 0.3) is 0 Å². The van der Waals surface area contributed by atoms with Crippen LogP contribution in [0.4, 0.5) is 5.69 Å². The molecule has 0 radical (unpaired) electrons. The fraction of sp³-hybridized carbons (Fsp3) is 0.429. The number of rotatable bonds is 10. The van der Waals surface area contributed by atoms with Crippen molar-refractivity contribution in [2.24, 2.45) is 5.92 Å². The average Bonchev–Trinajstić information content (AvgIpc) is 2.91. The number of aliphatic carboxylic acids is 2. The Labute approximate surface area is 232 Å². The van der Waals surface area contributed by atoms with Crippen molar-refractivity contribution in [3.8, 4) is 0 Å². The third-order valence-electron chi connectivity index (χ3n) is 6.26. The van der Waals surface area contributed by atoms with Crippen LogP contribution >= 0.6 is 23.5 Å². The molecule has 4 rings (SSSR count). The van der Waals surface area contributed by atoms with Crippen molar-refractivity contribution in [1.29, 1.82) is 0 Å². The van der Waals surface area contributed by atoms with Gasteiger partial charge in [0, 0.05) is 23.0 Å². The minimum Gasteiger partial charge on any atom is -0.473 e. The summed E-state index contributed by atoms with van der Waals surface area (Å²) in [7, 11) is 2.26. The summed E-state index contributed by atoms with van der Waals surface area (Å²) in [6.07, 6.45) is 7.89. The van der Waals surface area contributed by atoms with Crippen LogP contribution in [0.2, 0.25) is 0 Å². The van der Waals surface area contributed by atoms with Gasteiger partial charge in [-0.2, -0.15) is 11.8 Å². The van der Waals surface area contributed by atoms with Crippen LogP contribution in [-0.4, -0.2) is 74.4 Å². The Bertz CT molecular complexity index is 1200. The number of para-hydroxylation sites is 1. The first-order valence-electron chi connectivity index (χ1n) is 12.7. The fourth-order valence-corrected chi connectivity index (χ4v) is 6.55. The van der Waals surface area contributed by atoms with Gasteiger partial charge in [0.1, 0.15) is 0 Å². The molecular formula is C28H36N4O4S2. The molecule has 38 heavy (non-hydrogen) atoms. The number of likely N-dealkylation sites (tertiary alicyclic amines) is 1. The number of fused-ring (bicyclic) bond motifs is 1. The van der Waals surface area contributed by atoms with Gasteiger partial charge in [-0.05, 0) is 86.7 Å². The van der Waals surface area contributed by atoms with Crippen LogP contribution in [0.5, 0.6) is 0 Å². The third kappa shape index (κ3) is 9.81. The number of aromatic nitrogens is 2. The van der Waals surface area contributed by atoms with Crippen molar-refractivity contribution in [3.63, 3.8) is 0 Å². The summed E-state index contributed by atoms with van der Waals surface area (Å²) in [6, 6.07) is 12.5. The molecule has 0 spiro atoms. The standard InChI is InChI=1S/C26H34N4S2.C2H2O4/c1-20-25(17-28-23-15-22-8-3-4-9-24(22)29-16-23)27-11-10-26(20)32-14-6-13-31-19-21-7-5-12-30(2)18-21;3-1(4)2(5)6/h3-4,8-11,15-16,21,28H,5-7,12-14,17-19H2,1-2H3;(H,3,4)(H,5,6). The van der Waals surface area contributed by atoms with Gasteiger partial charge in [-0.1, -0.05) is 18.2 Å². The fourth-order valence-electron chi connectivity index (χ4n) is 4.25. The second kappa shape index (κ2) is 15.6. The SMILES string of the molecule is Cc1c(SCCCSCC2CCCN(C)C2)ccnc1CNc1cnc2ccccc2c1.O=C(O)C(=O)O. The highest BCUT2D eigenvalue weighted by molar-refractivity contribution is 8.00. The molecule has 3 aromatic rings. The Kier molecular flexibility index (Phi) is 12.2. The lowest BCUT2D eigenvalue weighted by Crippen LogP contribution is -2.33. The molecule has 1 unspecified atom stereocenters. The number of carbonyl (C=O) groups is 2. The molecule has 0 bridgehead atoms. The quantitative estimate of drug-likeness (QED) is 0.173. The zero-order valence-electron chi connectivity index (χ0n) is 21.9. The number of benzene rings is 1. The summed E-state index contributed by atoms with van der Waals surface area (Å²) >= 11 is 4.11. The maximum atomic E-state index is 9.10. The predicted molar refractivity (Wildman–Crippen MR) is 156 cm³/mol. The van der Waals surface area contributed by atoms with Crippen LogP contribution < -0.4 is 5.32 Å². The van der Waals surface area contributed by atoms with Gasteiger partial charge in [0.2, 0.25) is 0 Å². The highest BCUT2D eigenvalue weighted by Crippen LogP contribution is 2.26. The van der Waals surface area contributed by atoms with Crippen molar-refractivity contribution >= 4 is 52.1 Å². The van der Waals surface area contributed by atoms with E-state index in [1.807, 2.05) is 42.4 Å². The van der Waals surface area contributed by atoms with E-state index in [9.17, 15) is 0 Å². The zero-order valence-corrected chi connectivity index (χ0v) is 23.6. The Morgan fingerprint density at radius 3 is 2.68 bits per heavy atom. The summed E-state index contributed by atoms with van der Waals surface area (Å²) in [5.74, 6) is 1.000. The van der Waals surface area contributed by atoms with Gasteiger partial charge in [0.15, 0.2) is 0 Å². The van der Waals surface area contributed by atoms with Crippen molar-refractivity contribution in [3.05, 3.63) is 60.0 Å². The number of piperidine rings is 1. The van der Waals surface area contributed by atoms with E-state index in [1.54, 1.807) is 0 Å². The monoisotopic (exact) mass is 556 g/mol. The first kappa shape index (κ1) is 29.7. The summed E-state index contributed by atoms with van der Waals surface area (Å²) in [5.41, 5.74) is 4.45. The van der Waals surface area contributed by atoms with E-state index >= 15 is 0 Å². The minimum absolute atomic E-state index is 0.714. The summed E-state index contributed by atoms with van der Waals surface area (Å²) in [5, 5.41) is 19.4. The number of anilines is 1. The molecule has 8 nitrogen and oxygen atoms in total. The van der Waals surface area contributed by atoms with E-state index in [2.05, 4.69) is 64.1 Å². The summed E-state index contributed by atoms with van der Waals surface area (Å²) in [6.45, 7) is 5.47. The van der Waals surface area contributed by atoms with Crippen molar-refractivity contribution in [1.82, 2.24) is 14.9 Å². The molecule has 1 saturated heterocycles. The molecule has 0 amide bonds. The molecule has 1 atom stereocenters. The smallest absolute Gasteiger partial charge is 0.414 e. The maximum absolute atomic E-state index is 9.10. The number of pyridine rings is 2. The van der Waals surface area contributed by atoms with Gasteiger partial charge in [-0.3, -0.25) is 9.97 Å². The van der Waals surface area contributed by atoms with E-state index in [0.717, 1.165) is 28.2 Å². The van der Waals surface area contributed by atoms with E-state index in [1.165, 1.54) is 60.1 Å². The molecule has 3 N–H and O–H groups in total. The first-order valence-corrected chi connectivity index (χ1v) is 14.9. The topological polar surface area (TPSA) is 116 Å². The minimum atomic E-state index is -1.82. The second-order valence-electron chi connectivity index (χ2n) is 9.31. The van der Waals surface area contributed by atoms with Gasteiger partial charge in [-0.25, -0.2) is 9.59 Å². The van der Waals surface area contributed by atoms with Gasteiger partial charge >= 0.3 is 11.9 Å². The lowest BCUT2D eigenvalue weighted by Gasteiger charge is -2.29. The molecule has 1 aliphatic heterocycles. The number of nitrogens with one attached hydrogen (secondary N) is 1. The molecule has 1 aliphatic rings. The van der Waals surface area contributed by atoms with Crippen LogP contribution in [0.15, 0.2) is 53.7 Å². The third-order valence-corrected chi connectivity index (χ3v) is 8.79. The number of nitrogens with zero attached hydrogens (tertiary/aromatic N) is 3. The lowest BCUT2D eigenvalue weighted by molar-refractivity contribution is -0.159. The normalized spacial score (nSPS) is 15.5. The molecule has 0 saturated carbocycles. The van der Waals surface area contributed by atoms with E-state index in [4.69, 9.17) is 19.8 Å². The molecule has 10 heteroatoms. The second-order valence-corrected chi connectivity index (χ2v) is 11.6. The van der Waals surface area contributed by atoms with E-state index < -0.39 is 11.9 Å². The lowest BCUT2D eigenvalue weighted by atomic mass is 10.0. The van der Waals surface area contributed by atoms with Gasteiger partial charge < -0.3 is 20.4 Å². The van der Waals surface area contributed by atoms with E-state index in [-0.39, 0.29) is 0 Å². The molecule has 1 fully saturated rings. The molecule has 1 aromatic carbocycles. The van der Waals surface area contributed by atoms with Gasteiger partial charge in [-0.15, -0.1) is 11.8 Å². The van der Waals surface area contributed by atoms with Crippen molar-refractivity contribution in [2.45, 2.75) is 37.6 Å². The average molecular weight is 557 g/mol. The number of hydrogen-bond acceptors (Lipinski definition) is 8. The Morgan fingerprint density at radius 2 is 1.92 bits per heavy atom. The Balaban J connectivity index is 0.000000599. The van der Waals surface area contributed by atoms with Gasteiger partial charge in [0.05, 0.1) is 29.6 Å².